The quantitative estimate of drug-likeness (QED) is 0.174. The molecular weight excluding hydrogens is 677 g/mol. The molecule has 20 nitrogen and oxygen atoms in total. The molecule has 4 aromatic rings. The van der Waals surface area contributed by atoms with Gasteiger partial charge in [-0.2, -0.15) is 4.98 Å². The normalized spacial score (nSPS) is 37.1. The number of rotatable bonds is 3. The minimum absolute atomic E-state index is 0.00190. The predicted molar refractivity (Wildman–Crippen MR) is 157 cm³/mol. The summed E-state index contributed by atoms with van der Waals surface area (Å²) in [5.74, 6) is -0.144. The van der Waals surface area contributed by atoms with Gasteiger partial charge in [-0.25, -0.2) is 24.3 Å². The van der Waals surface area contributed by atoms with E-state index in [-0.39, 0.29) is 40.5 Å². The molecule has 3 aliphatic rings. The van der Waals surface area contributed by atoms with Crippen molar-refractivity contribution in [2.24, 2.45) is 0 Å². The van der Waals surface area contributed by atoms with Crippen molar-refractivity contribution in [2.45, 2.75) is 55.6 Å². The molecule has 3 aliphatic heterocycles. The van der Waals surface area contributed by atoms with Crippen LogP contribution in [-0.2, 0) is 44.2 Å². The molecule has 10 atom stereocenters. The average Bonchev–Trinajstić information content (AvgIpc) is 3.75. The highest BCUT2D eigenvalue weighted by Gasteiger charge is 2.53. The van der Waals surface area contributed by atoms with Crippen molar-refractivity contribution in [3.05, 3.63) is 29.3 Å². The number of nitrogens with zero attached hydrogens (tertiary/aromatic N) is 7. The molecule has 0 spiro atoms. The Labute approximate surface area is 261 Å². The third-order valence-electron chi connectivity index (χ3n) is 7.85. The summed E-state index contributed by atoms with van der Waals surface area (Å²) in [6.45, 7) is -4.68. The zero-order valence-electron chi connectivity index (χ0n) is 23.6. The van der Waals surface area contributed by atoms with Crippen LogP contribution in [0.4, 0.5) is 16.2 Å². The number of imidazole rings is 2. The van der Waals surface area contributed by atoms with Crippen molar-refractivity contribution in [3.8, 4) is 0 Å². The Morgan fingerprint density at radius 1 is 1.04 bits per heavy atom. The molecule has 4 aromatic heterocycles. The van der Waals surface area contributed by atoms with E-state index >= 15 is 4.39 Å². The first-order valence-corrected chi connectivity index (χ1v) is 18.0. The SMILES string of the molecule is COC1C2COP(O)(=S)OC3C(CCP(=O)(O)OC1C(n1cnc4c(=O)[nH]c(N)nc41)O2)OC(n1cnc2c(N)ncnc21)C3F. The predicted octanol–water partition coefficient (Wildman–Crippen LogP) is -0.135. The number of nitrogens with two attached hydrogens (primary N) is 2. The van der Waals surface area contributed by atoms with Gasteiger partial charge in [0, 0.05) is 7.11 Å². The van der Waals surface area contributed by atoms with E-state index < -0.39 is 81.8 Å². The van der Waals surface area contributed by atoms with E-state index in [0.29, 0.717) is 0 Å². The van der Waals surface area contributed by atoms with Crippen molar-refractivity contribution < 1.29 is 46.5 Å². The maximum atomic E-state index is 16.1. The minimum atomic E-state index is -4.54. The van der Waals surface area contributed by atoms with Crippen LogP contribution in [0.25, 0.3) is 22.3 Å². The summed E-state index contributed by atoms with van der Waals surface area (Å²) in [6.07, 6.45) is -7.98. The molecule has 7 heterocycles. The Morgan fingerprint density at radius 3 is 2.52 bits per heavy atom. The number of aromatic amines is 1. The van der Waals surface area contributed by atoms with E-state index in [2.05, 4.69) is 29.9 Å². The van der Waals surface area contributed by atoms with E-state index in [1.54, 1.807) is 0 Å². The van der Waals surface area contributed by atoms with Gasteiger partial charge in [-0.15, -0.1) is 0 Å². The van der Waals surface area contributed by atoms with Crippen molar-refractivity contribution in [1.82, 2.24) is 39.0 Å². The summed E-state index contributed by atoms with van der Waals surface area (Å²) in [4.78, 5) is 57.2. The lowest BCUT2D eigenvalue weighted by Gasteiger charge is -2.27. The van der Waals surface area contributed by atoms with Gasteiger partial charge in [0.2, 0.25) is 5.95 Å². The smallest absolute Gasteiger partial charge is 0.328 e. The number of anilines is 2. The summed E-state index contributed by atoms with van der Waals surface area (Å²) in [5, 5.41) is 0. The van der Waals surface area contributed by atoms with E-state index in [4.69, 9.17) is 51.1 Å². The van der Waals surface area contributed by atoms with Crippen LogP contribution in [0.1, 0.15) is 18.9 Å². The lowest BCUT2D eigenvalue weighted by atomic mass is 10.1. The third-order valence-corrected chi connectivity index (χ3v) is 10.8. The lowest BCUT2D eigenvalue weighted by Crippen LogP contribution is -2.37. The standard InChI is InChI=1S/C22H27FN10O10P2S/c1-38-14-9-4-39-45(37,46)43-13-8(40-20(10(13)23)32-6-28-11-16(24)26-5-27-17(11)32)2-3-44(35,36)42-15(14)21(41-9)33-7-29-12-18(33)30-22(25)31-19(12)34/h5-10,13-15,20-21H,2-4H2,1H3,(H,35,36)(H,37,46)(H2,24,26,27)(H3,25,30,31,34). The van der Waals surface area contributed by atoms with Crippen LogP contribution in [-0.4, -0.2) is 105 Å². The van der Waals surface area contributed by atoms with Crippen molar-refractivity contribution >= 4 is 60.2 Å². The van der Waals surface area contributed by atoms with Gasteiger partial charge < -0.3 is 40.0 Å². The third kappa shape index (κ3) is 5.52. The van der Waals surface area contributed by atoms with Gasteiger partial charge in [0.15, 0.2) is 41.3 Å². The number of hydrogen-bond donors (Lipinski definition) is 5. The topological polar surface area (TPSA) is 272 Å². The van der Waals surface area contributed by atoms with E-state index in [1.807, 2.05) is 0 Å². The number of ether oxygens (including phenoxy) is 3. The number of nitrogen functional groups attached to an aromatic ring is 2. The van der Waals surface area contributed by atoms with E-state index in [1.165, 1.54) is 35.2 Å². The number of nitrogens with one attached hydrogen (secondary N) is 1. The second kappa shape index (κ2) is 11.6. The Morgan fingerprint density at radius 2 is 1.76 bits per heavy atom. The average molecular weight is 705 g/mol. The van der Waals surface area contributed by atoms with Crippen molar-refractivity contribution in [3.63, 3.8) is 0 Å². The molecule has 7 N–H and O–H groups in total. The first-order chi connectivity index (χ1) is 21.9. The molecule has 7 rings (SSSR count). The highest BCUT2D eigenvalue weighted by atomic mass is 32.5. The molecule has 10 unspecified atom stereocenters. The lowest BCUT2D eigenvalue weighted by molar-refractivity contribution is -0.0541. The first kappa shape index (κ1) is 31.6. The molecule has 46 heavy (non-hydrogen) atoms. The Kier molecular flexibility index (Phi) is 7.96. The first-order valence-electron chi connectivity index (χ1n) is 13.6. The number of hydrogen-bond acceptors (Lipinski definition) is 16. The van der Waals surface area contributed by atoms with Crippen LogP contribution in [0.5, 0.6) is 0 Å². The highest BCUT2D eigenvalue weighted by Crippen LogP contribution is 2.54. The summed E-state index contributed by atoms with van der Waals surface area (Å²) in [5.41, 5.74) is 11.3. The Balaban J connectivity index is 1.22. The van der Waals surface area contributed by atoms with Crippen LogP contribution in [0.2, 0.25) is 0 Å². The van der Waals surface area contributed by atoms with Crippen molar-refractivity contribution in [2.75, 3.05) is 31.3 Å². The second-order valence-corrected chi connectivity index (χ2v) is 15.4. The zero-order chi connectivity index (χ0) is 32.5. The van der Waals surface area contributed by atoms with Gasteiger partial charge in [-0.05, 0) is 18.2 Å². The number of methoxy groups -OCH3 is 1. The van der Waals surface area contributed by atoms with Gasteiger partial charge >= 0.3 is 14.3 Å². The number of H-pyrrole nitrogens is 1. The van der Waals surface area contributed by atoms with Crippen LogP contribution >= 0.6 is 14.3 Å². The second-order valence-electron chi connectivity index (χ2n) is 10.7. The van der Waals surface area contributed by atoms with Gasteiger partial charge in [-0.1, -0.05) is 0 Å². The molecule has 0 aliphatic carbocycles. The van der Waals surface area contributed by atoms with E-state index in [9.17, 15) is 19.1 Å². The molecule has 24 heteroatoms. The summed E-state index contributed by atoms with van der Waals surface area (Å²) < 4.78 is 67.0. The summed E-state index contributed by atoms with van der Waals surface area (Å²) in [7, 11) is -3.23. The molecule has 3 fully saturated rings. The molecule has 0 amide bonds. The van der Waals surface area contributed by atoms with Crippen LogP contribution in [0.3, 0.4) is 0 Å². The summed E-state index contributed by atoms with van der Waals surface area (Å²) >= 11 is 5.24. The van der Waals surface area contributed by atoms with Gasteiger partial charge in [0.05, 0.1) is 31.5 Å². The highest BCUT2D eigenvalue weighted by molar-refractivity contribution is 8.07. The van der Waals surface area contributed by atoms with Crippen LogP contribution in [0, 0.1) is 0 Å². The maximum Gasteiger partial charge on any atom is 0.328 e. The van der Waals surface area contributed by atoms with Gasteiger partial charge in [-0.3, -0.25) is 32.5 Å². The largest absolute Gasteiger partial charge is 0.382 e. The number of aromatic nitrogens is 8. The number of alkyl halides is 1. The fourth-order valence-electron chi connectivity index (χ4n) is 5.81. The zero-order valence-corrected chi connectivity index (χ0v) is 26.2. The molecular formula is C22H27FN10O10P2S. The summed E-state index contributed by atoms with van der Waals surface area (Å²) in [6, 6.07) is 0. The molecule has 3 saturated heterocycles. The number of halogens is 1. The number of fused-ring (bicyclic) bond motifs is 5. The Hall–Kier alpha value is -3.01. The molecule has 0 radical (unpaired) electrons. The maximum absolute atomic E-state index is 16.1. The molecule has 2 bridgehead atoms. The minimum Gasteiger partial charge on any atom is -0.382 e. The van der Waals surface area contributed by atoms with Gasteiger partial charge in [0.25, 0.3) is 5.56 Å². The molecule has 248 valence electrons. The molecule has 0 saturated carbocycles. The monoisotopic (exact) mass is 704 g/mol. The fraction of sp³-hybridized carbons (Fsp3) is 0.545. The van der Waals surface area contributed by atoms with Crippen molar-refractivity contribution in [1.29, 1.82) is 0 Å². The van der Waals surface area contributed by atoms with Gasteiger partial charge in [0.1, 0.15) is 36.3 Å². The van der Waals surface area contributed by atoms with E-state index in [0.717, 1.165) is 0 Å². The molecule has 0 aromatic carbocycles. The van der Waals surface area contributed by atoms with Crippen LogP contribution < -0.4 is 17.0 Å². The fourth-order valence-corrected chi connectivity index (χ4v) is 8.54. The van der Waals surface area contributed by atoms with Crippen LogP contribution in [0.15, 0.2) is 23.8 Å². The Bertz CT molecular complexity index is 1960.